The first-order valence-electron chi connectivity index (χ1n) is 10.6. The molecule has 0 spiro atoms. The van der Waals surface area contributed by atoms with Gasteiger partial charge in [-0.15, -0.1) is 0 Å². The van der Waals surface area contributed by atoms with Crippen LogP contribution in [0.2, 0.25) is 0 Å². The van der Waals surface area contributed by atoms with Gasteiger partial charge < -0.3 is 14.6 Å². The first-order valence-corrected chi connectivity index (χ1v) is 11.6. The molecule has 4 rings (SSSR count). The lowest BCUT2D eigenvalue weighted by atomic mass is 10.1. The number of rotatable bonds is 7. The molecule has 4 aromatic rings. The summed E-state index contributed by atoms with van der Waals surface area (Å²) in [5.41, 5.74) is 2.39. The first-order chi connectivity index (χ1) is 16.3. The summed E-state index contributed by atoms with van der Waals surface area (Å²) >= 11 is 1.20. The molecule has 0 bridgehead atoms. The van der Waals surface area contributed by atoms with Crippen molar-refractivity contribution in [3.8, 4) is 5.75 Å². The lowest BCUT2D eigenvalue weighted by molar-refractivity contribution is -0.113. The summed E-state index contributed by atoms with van der Waals surface area (Å²) in [7, 11) is 4.56. The molecule has 0 saturated carbocycles. The van der Waals surface area contributed by atoms with E-state index in [0.717, 1.165) is 15.7 Å². The smallest absolute Gasteiger partial charge is 0.332 e. The molecule has 0 unspecified atom stereocenters. The van der Waals surface area contributed by atoms with Crippen molar-refractivity contribution < 1.29 is 9.53 Å². The fraction of sp³-hybridized carbons (Fsp3) is 0.250. The summed E-state index contributed by atoms with van der Waals surface area (Å²) in [5.74, 6) is 0.375. The number of aromatic nitrogens is 4. The summed E-state index contributed by atoms with van der Waals surface area (Å²) in [6.45, 7) is 2.38. The summed E-state index contributed by atoms with van der Waals surface area (Å²) in [4.78, 5) is 42.7. The Labute approximate surface area is 200 Å². The van der Waals surface area contributed by atoms with Gasteiger partial charge in [-0.3, -0.25) is 18.7 Å². The Morgan fingerprint density at radius 1 is 1.06 bits per heavy atom. The second kappa shape index (κ2) is 9.60. The lowest BCUT2D eigenvalue weighted by Gasteiger charge is -2.11. The van der Waals surface area contributed by atoms with Gasteiger partial charge in [0.25, 0.3) is 5.56 Å². The molecule has 2 aromatic carbocycles. The predicted octanol–water partition coefficient (Wildman–Crippen LogP) is 2.53. The van der Waals surface area contributed by atoms with Gasteiger partial charge in [0, 0.05) is 14.1 Å². The molecule has 0 fully saturated rings. The third-order valence-electron chi connectivity index (χ3n) is 5.49. The van der Waals surface area contributed by atoms with Gasteiger partial charge in [-0.05, 0) is 24.6 Å². The van der Waals surface area contributed by atoms with Crippen molar-refractivity contribution in [1.29, 1.82) is 0 Å². The van der Waals surface area contributed by atoms with E-state index in [4.69, 9.17) is 4.74 Å². The van der Waals surface area contributed by atoms with Gasteiger partial charge in [0.2, 0.25) is 5.91 Å². The Hall–Kier alpha value is -3.79. The van der Waals surface area contributed by atoms with Gasteiger partial charge in [-0.25, -0.2) is 9.78 Å². The van der Waals surface area contributed by atoms with Crippen molar-refractivity contribution in [2.24, 2.45) is 14.1 Å². The van der Waals surface area contributed by atoms with E-state index in [2.05, 4.69) is 10.3 Å². The molecular weight excluding hydrogens is 454 g/mol. The molecule has 0 aliphatic rings. The van der Waals surface area contributed by atoms with Crippen molar-refractivity contribution in [1.82, 2.24) is 18.7 Å². The Morgan fingerprint density at radius 2 is 1.76 bits per heavy atom. The minimum atomic E-state index is -0.456. The number of nitrogens with one attached hydrogen (secondary N) is 1. The van der Waals surface area contributed by atoms with E-state index in [1.807, 2.05) is 43.3 Å². The fourth-order valence-electron chi connectivity index (χ4n) is 3.62. The van der Waals surface area contributed by atoms with Crippen LogP contribution in [0.5, 0.6) is 5.75 Å². The van der Waals surface area contributed by atoms with E-state index in [0.29, 0.717) is 28.7 Å². The number of fused-ring (bicyclic) bond motifs is 1. The van der Waals surface area contributed by atoms with Gasteiger partial charge in [0.05, 0.1) is 25.1 Å². The maximum atomic E-state index is 13.0. The van der Waals surface area contributed by atoms with Gasteiger partial charge in [0.15, 0.2) is 16.3 Å². The maximum absolute atomic E-state index is 13.0. The molecule has 1 N–H and O–H groups in total. The zero-order chi connectivity index (χ0) is 24.4. The summed E-state index contributed by atoms with van der Waals surface area (Å²) in [6.07, 6.45) is 0. The molecule has 34 heavy (non-hydrogen) atoms. The molecule has 1 amide bonds. The van der Waals surface area contributed by atoms with Crippen LogP contribution in [0, 0.1) is 6.92 Å². The number of carbonyl (C=O) groups is 1. The second-order valence-corrected chi connectivity index (χ2v) is 8.82. The minimum absolute atomic E-state index is 0.0591. The Morgan fingerprint density at radius 3 is 2.47 bits per heavy atom. The average Bonchev–Trinajstić information content (AvgIpc) is 3.20. The van der Waals surface area contributed by atoms with Crippen LogP contribution in [0.25, 0.3) is 11.2 Å². The van der Waals surface area contributed by atoms with Crippen molar-refractivity contribution in [2.75, 3.05) is 18.2 Å². The number of methoxy groups -OCH3 is 1. The summed E-state index contributed by atoms with van der Waals surface area (Å²) in [5, 5.41) is 3.31. The normalized spacial score (nSPS) is 11.1. The first kappa shape index (κ1) is 23.4. The van der Waals surface area contributed by atoms with Gasteiger partial charge in [-0.1, -0.05) is 53.7 Å². The number of hydrogen-bond donors (Lipinski definition) is 1. The molecule has 9 nitrogen and oxygen atoms in total. The second-order valence-electron chi connectivity index (χ2n) is 7.88. The molecule has 0 aliphatic carbocycles. The number of amides is 1. The third-order valence-corrected chi connectivity index (χ3v) is 6.46. The lowest BCUT2D eigenvalue weighted by Crippen LogP contribution is -2.37. The zero-order valence-electron chi connectivity index (χ0n) is 19.4. The molecule has 0 saturated heterocycles. The van der Waals surface area contributed by atoms with Crippen LogP contribution in [0.15, 0.2) is 63.3 Å². The van der Waals surface area contributed by atoms with Gasteiger partial charge in [0.1, 0.15) is 5.75 Å². The highest BCUT2D eigenvalue weighted by Crippen LogP contribution is 2.26. The van der Waals surface area contributed by atoms with E-state index in [-0.39, 0.29) is 17.3 Å². The number of para-hydroxylation sites is 2. The molecular formula is C24H25N5O4S. The number of carbonyl (C=O) groups excluding carboxylic acids is 1. The van der Waals surface area contributed by atoms with Crippen molar-refractivity contribution in [3.05, 3.63) is 80.5 Å². The van der Waals surface area contributed by atoms with E-state index in [1.54, 1.807) is 23.7 Å². The Balaban J connectivity index is 1.69. The number of aryl methyl sites for hydroxylation is 2. The SMILES string of the molecule is COc1ccccc1NC(=O)CSc1nc2c(c(=O)n(C)c(=O)n2C)n1Cc1ccc(C)cc1. The fourth-order valence-corrected chi connectivity index (χ4v) is 4.42. The van der Waals surface area contributed by atoms with Crippen LogP contribution in [-0.4, -0.2) is 37.5 Å². The van der Waals surface area contributed by atoms with Crippen LogP contribution in [0.3, 0.4) is 0 Å². The third kappa shape index (κ3) is 4.49. The monoisotopic (exact) mass is 479 g/mol. The van der Waals surface area contributed by atoms with E-state index in [1.165, 1.54) is 30.5 Å². The van der Waals surface area contributed by atoms with E-state index in [9.17, 15) is 14.4 Å². The van der Waals surface area contributed by atoms with Gasteiger partial charge >= 0.3 is 5.69 Å². The van der Waals surface area contributed by atoms with Crippen LogP contribution < -0.4 is 21.3 Å². The number of benzene rings is 2. The molecule has 0 aliphatic heterocycles. The molecule has 10 heteroatoms. The van der Waals surface area contributed by atoms with Crippen molar-refractivity contribution >= 4 is 34.5 Å². The van der Waals surface area contributed by atoms with Crippen LogP contribution in [0.4, 0.5) is 5.69 Å². The summed E-state index contributed by atoms with van der Waals surface area (Å²) in [6, 6.07) is 15.1. The van der Waals surface area contributed by atoms with Crippen LogP contribution in [0.1, 0.15) is 11.1 Å². The Bertz CT molecular complexity index is 1480. The molecule has 2 aromatic heterocycles. The average molecular weight is 480 g/mol. The van der Waals surface area contributed by atoms with Crippen LogP contribution in [-0.2, 0) is 25.4 Å². The number of anilines is 1. The number of ether oxygens (including phenoxy) is 1. The summed E-state index contributed by atoms with van der Waals surface area (Å²) < 4.78 is 9.47. The van der Waals surface area contributed by atoms with Gasteiger partial charge in [-0.2, -0.15) is 0 Å². The number of thioether (sulfide) groups is 1. The highest BCUT2D eigenvalue weighted by atomic mass is 32.2. The van der Waals surface area contributed by atoms with Crippen LogP contribution >= 0.6 is 11.8 Å². The zero-order valence-corrected chi connectivity index (χ0v) is 20.2. The number of imidazole rings is 1. The molecule has 0 atom stereocenters. The maximum Gasteiger partial charge on any atom is 0.332 e. The number of nitrogens with zero attached hydrogens (tertiary/aromatic N) is 4. The Kier molecular flexibility index (Phi) is 6.60. The largest absolute Gasteiger partial charge is 0.495 e. The number of hydrogen-bond acceptors (Lipinski definition) is 6. The molecule has 2 heterocycles. The molecule has 176 valence electrons. The van der Waals surface area contributed by atoms with Crippen molar-refractivity contribution in [2.45, 2.75) is 18.6 Å². The quantitative estimate of drug-likeness (QED) is 0.409. The van der Waals surface area contributed by atoms with E-state index < -0.39 is 11.2 Å². The highest BCUT2D eigenvalue weighted by molar-refractivity contribution is 7.99. The standard InChI is InChI=1S/C24H25N5O4S/c1-15-9-11-16(12-10-15)13-29-20-21(27(2)24(32)28(3)22(20)31)26-23(29)34-14-19(30)25-17-7-5-6-8-18(17)33-4/h5-12H,13-14H2,1-4H3,(H,25,30). The minimum Gasteiger partial charge on any atom is -0.495 e. The van der Waals surface area contributed by atoms with E-state index >= 15 is 0 Å². The molecule has 0 radical (unpaired) electrons. The van der Waals surface area contributed by atoms with Crippen molar-refractivity contribution in [3.63, 3.8) is 0 Å². The highest BCUT2D eigenvalue weighted by Gasteiger charge is 2.20. The predicted molar refractivity (Wildman–Crippen MR) is 133 cm³/mol. The topological polar surface area (TPSA) is 100 Å².